The van der Waals surface area contributed by atoms with Crippen molar-refractivity contribution in [3.8, 4) is 5.69 Å². The van der Waals surface area contributed by atoms with Gasteiger partial charge in [-0.25, -0.2) is 0 Å². The zero-order valence-corrected chi connectivity index (χ0v) is 53.0. The van der Waals surface area contributed by atoms with E-state index in [0.29, 0.717) is 0 Å². The van der Waals surface area contributed by atoms with Gasteiger partial charge in [-0.05, 0) is 187 Å². The Morgan fingerprint density at radius 1 is 0.302 bits per heavy atom. The summed E-state index contributed by atoms with van der Waals surface area (Å²) >= 11 is 0. The molecular weight excluding hydrogens is 1040 g/mol. The Morgan fingerprint density at radius 2 is 0.733 bits per heavy atom. The predicted octanol–water partition coefficient (Wildman–Crippen LogP) is 20.6. The first-order valence-electron chi connectivity index (χ1n) is 31.0. The summed E-state index contributed by atoms with van der Waals surface area (Å²) in [4.78, 5) is 10.2. The monoisotopic (exact) mass is 1120 g/mol. The summed E-state index contributed by atoms with van der Waals surface area (Å²) in [7, 11) is 0. The average Bonchev–Trinajstić information content (AvgIpc) is 1.16. The van der Waals surface area contributed by atoms with Gasteiger partial charge in [0.2, 0.25) is 0 Å². The molecule has 0 bridgehead atoms. The highest BCUT2D eigenvalue weighted by atomic mass is 15.2. The maximum Gasteiger partial charge on any atom is 0.252 e. The summed E-state index contributed by atoms with van der Waals surface area (Å²) < 4.78 is 2.65. The van der Waals surface area contributed by atoms with E-state index in [4.69, 9.17) is 0 Å². The second-order valence-electron chi connectivity index (χ2n) is 29.7. The van der Waals surface area contributed by atoms with E-state index in [1.165, 1.54) is 88.8 Å². The van der Waals surface area contributed by atoms with Crippen LogP contribution >= 0.6 is 0 Å². The first kappa shape index (κ1) is 55.2. The largest absolute Gasteiger partial charge is 0.311 e. The van der Waals surface area contributed by atoms with Crippen LogP contribution in [0.1, 0.15) is 132 Å². The molecule has 0 N–H and O–H groups in total. The first-order chi connectivity index (χ1) is 40.8. The molecule has 0 saturated carbocycles. The minimum Gasteiger partial charge on any atom is -0.311 e. The SMILES string of the molecule is CC(C)(C)c1ccc(N(c2ccc(C(C)(C)C)cc2)c2ccc3c(c2)N(c2ccccc2)c2cc(N(c4ccccc4)c4ccccc4)cc4c2B3c2cc(C(C)(C)C)cc3c2N4c2cc(C(C)(C)C)cc4c5cc(C(C)(C)C)ccc5n-3c24)cc1. The van der Waals surface area contributed by atoms with Gasteiger partial charge < -0.3 is 24.2 Å². The van der Waals surface area contributed by atoms with Crippen LogP contribution in [-0.2, 0) is 27.1 Å². The summed E-state index contributed by atoms with van der Waals surface area (Å²) in [6, 6.07) is 81.4. The highest BCUT2D eigenvalue weighted by Crippen LogP contribution is 2.56. The number of nitrogens with zero attached hydrogens (tertiary/aromatic N) is 5. The standard InChI is InChI=1S/C80H80BN5/c1-76(2,3)51-31-36-59(37-32-51)82(60-38-33-52(34-39-60)77(4,5)6)61-40-41-65-68(48-61)84(58-29-23-18-24-30-58)69-49-62(83(56-25-19-16-20-26-56)57-27-21-17-22-28-57)50-70-73(69)81(65)66-45-55(80(13,14)15)47-72-75(66)86(70)71-46-54(79(10,11)12)44-64-63-43-53(78(7,8)9)35-42-67(63)85(72)74(64)71/h16-50H,1-15H3. The van der Waals surface area contributed by atoms with E-state index in [2.05, 4.69) is 340 Å². The molecule has 0 fully saturated rings. The molecular formula is C80H80BN5. The van der Waals surface area contributed by atoms with Crippen LogP contribution in [0.15, 0.2) is 212 Å². The number of anilines is 12. The van der Waals surface area contributed by atoms with Crippen LogP contribution in [0.2, 0.25) is 0 Å². The lowest BCUT2D eigenvalue weighted by Crippen LogP contribution is -2.62. The molecule has 0 aliphatic carbocycles. The van der Waals surface area contributed by atoms with Gasteiger partial charge in [0.15, 0.2) is 0 Å². The Bertz CT molecular complexity index is 4370. The van der Waals surface area contributed by atoms with Crippen LogP contribution in [0, 0.1) is 0 Å². The van der Waals surface area contributed by atoms with Crippen molar-refractivity contribution in [2.45, 2.75) is 131 Å². The smallest absolute Gasteiger partial charge is 0.252 e. The summed E-state index contributed by atoms with van der Waals surface area (Å²) in [5.41, 5.74) is 27.5. The molecule has 0 radical (unpaired) electrons. The third kappa shape index (κ3) is 8.96. The second-order valence-corrected chi connectivity index (χ2v) is 29.7. The molecule has 428 valence electrons. The molecule has 10 aromatic carbocycles. The number of rotatable bonds is 7. The van der Waals surface area contributed by atoms with Crippen molar-refractivity contribution < 1.29 is 0 Å². The Kier molecular flexibility index (Phi) is 12.4. The van der Waals surface area contributed by atoms with E-state index < -0.39 is 0 Å². The molecule has 86 heavy (non-hydrogen) atoms. The number of para-hydroxylation sites is 3. The predicted molar refractivity (Wildman–Crippen MR) is 371 cm³/mol. The lowest BCUT2D eigenvalue weighted by molar-refractivity contribution is 0.590. The van der Waals surface area contributed by atoms with Crippen molar-refractivity contribution in [1.29, 1.82) is 0 Å². The molecule has 5 nitrogen and oxygen atoms in total. The van der Waals surface area contributed by atoms with Crippen LogP contribution in [-0.4, -0.2) is 11.3 Å². The van der Waals surface area contributed by atoms with Gasteiger partial charge in [0, 0.05) is 62.0 Å². The Hall–Kier alpha value is -8.74. The molecule has 0 atom stereocenters. The fourth-order valence-corrected chi connectivity index (χ4v) is 13.8. The molecule has 3 aliphatic rings. The Morgan fingerprint density at radius 3 is 1.27 bits per heavy atom. The third-order valence-electron chi connectivity index (χ3n) is 18.6. The zero-order valence-electron chi connectivity index (χ0n) is 53.0. The topological polar surface area (TPSA) is 17.9 Å². The van der Waals surface area contributed by atoms with Crippen LogP contribution < -0.4 is 36.0 Å². The van der Waals surface area contributed by atoms with Gasteiger partial charge in [0.05, 0.1) is 33.8 Å². The molecule has 6 heteroatoms. The van der Waals surface area contributed by atoms with Crippen molar-refractivity contribution >= 4 is 113 Å². The molecule has 1 aromatic heterocycles. The quantitative estimate of drug-likeness (QED) is 0.148. The van der Waals surface area contributed by atoms with Gasteiger partial charge in [-0.15, -0.1) is 0 Å². The molecule has 3 aliphatic heterocycles. The Labute approximate surface area is 511 Å². The molecule has 0 saturated heterocycles. The van der Waals surface area contributed by atoms with Crippen molar-refractivity contribution in [3.05, 3.63) is 240 Å². The number of benzene rings is 10. The maximum absolute atomic E-state index is 2.71. The van der Waals surface area contributed by atoms with Crippen molar-refractivity contribution in [2.75, 3.05) is 19.6 Å². The van der Waals surface area contributed by atoms with Crippen molar-refractivity contribution in [1.82, 2.24) is 4.57 Å². The summed E-state index contributed by atoms with van der Waals surface area (Å²) in [5, 5.41) is 2.59. The molecule has 0 spiro atoms. The van der Waals surface area contributed by atoms with Gasteiger partial charge in [-0.2, -0.15) is 0 Å². The number of fused-ring (bicyclic) bond motifs is 9. The third-order valence-corrected chi connectivity index (χ3v) is 18.6. The van der Waals surface area contributed by atoms with E-state index in [-0.39, 0.29) is 33.8 Å². The van der Waals surface area contributed by atoms with Crippen LogP contribution in [0.3, 0.4) is 0 Å². The van der Waals surface area contributed by atoms with Crippen LogP contribution in [0.5, 0.6) is 0 Å². The second kappa shape index (κ2) is 19.4. The van der Waals surface area contributed by atoms with Gasteiger partial charge in [-0.1, -0.05) is 201 Å². The summed E-state index contributed by atoms with van der Waals surface area (Å²) in [6.45, 7) is 34.9. The molecule has 0 unspecified atom stereocenters. The molecule has 4 heterocycles. The number of hydrogen-bond acceptors (Lipinski definition) is 4. The highest BCUT2D eigenvalue weighted by molar-refractivity contribution is 7.00. The van der Waals surface area contributed by atoms with Gasteiger partial charge in [-0.3, -0.25) is 0 Å². The highest BCUT2D eigenvalue weighted by Gasteiger charge is 2.48. The van der Waals surface area contributed by atoms with E-state index in [1.54, 1.807) is 0 Å². The van der Waals surface area contributed by atoms with Crippen LogP contribution in [0.25, 0.3) is 27.5 Å². The minimum absolute atomic E-state index is 0.00762. The van der Waals surface area contributed by atoms with E-state index in [1.807, 2.05) is 0 Å². The van der Waals surface area contributed by atoms with Gasteiger partial charge in [0.1, 0.15) is 0 Å². The molecule has 14 rings (SSSR count). The molecule has 0 amide bonds. The van der Waals surface area contributed by atoms with E-state index in [0.717, 1.165) is 51.2 Å². The average molecular weight is 1120 g/mol. The summed E-state index contributed by atoms with van der Waals surface area (Å²) in [6.07, 6.45) is 0. The van der Waals surface area contributed by atoms with Crippen molar-refractivity contribution in [3.63, 3.8) is 0 Å². The number of hydrogen-bond donors (Lipinski definition) is 0. The zero-order chi connectivity index (χ0) is 60.1. The summed E-state index contributed by atoms with van der Waals surface area (Å²) in [5.74, 6) is 0. The van der Waals surface area contributed by atoms with E-state index >= 15 is 0 Å². The van der Waals surface area contributed by atoms with E-state index in [9.17, 15) is 0 Å². The van der Waals surface area contributed by atoms with Gasteiger partial charge >= 0.3 is 0 Å². The fraction of sp³-hybridized carbons (Fsp3) is 0.250. The first-order valence-corrected chi connectivity index (χ1v) is 31.0. The minimum atomic E-state index is -0.171. The molecule has 11 aromatic rings. The Balaban J connectivity index is 1.13. The maximum atomic E-state index is 2.71. The normalized spacial score (nSPS) is 13.7. The van der Waals surface area contributed by atoms with Gasteiger partial charge in [0.25, 0.3) is 6.71 Å². The van der Waals surface area contributed by atoms with Crippen molar-refractivity contribution in [2.24, 2.45) is 0 Å². The lowest BCUT2D eigenvalue weighted by atomic mass is 9.33. The number of aromatic nitrogens is 1. The lowest BCUT2D eigenvalue weighted by Gasteiger charge is -2.47. The van der Waals surface area contributed by atoms with Crippen LogP contribution in [0.4, 0.5) is 68.2 Å². The fourth-order valence-electron chi connectivity index (χ4n) is 13.8.